The van der Waals surface area contributed by atoms with Gasteiger partial charge in [-0.15, -0.1) is 0 Å². The van der Waals surface area contributed by atoms with E-state index in [4.69, 9.17) is 4.43 Å². The van der Waals surface area contributed by atoms with Crippen LogP contribution in [0, 0.1) is 8.99 Å². The highest BCUT2D eigenvalue weighted by Gasteiger charge is 2.69. The highest BCUT2D eigenvalue weighted by Crippen LogP contribution is 2.68. The Morgan fingerprint density at radius 1 is 1.15 bits per heavy atom. The van der Waals surface area contributed by atoms with Gasteiger partial charge >= 0.3 is 0 Å². The smallest absolute Gasteiger partial charge is 0.184 e. The molecular formula is C17H25IOSi. The maximum absolute atomic E-state index is 6.69. The van der Waals surface area contributed by atoms with Gasteiger partial charge in [-0.2, -0.15) is 0 Å². The van der Waals surface area contributed by atoms with Crippen molar-refractivity contribution in [3.8, 4) is 0 Å². The first kappa shape index (κ1) is 15.0. The molecule has 1 aromatic rings. The lowest BCUT2D eigenvalue weighted by atomic mass is 9.82. The molecule has 0 amide bonds. The largest absolute Gasteiger partial charge is 0.412 e. The van der Waals surface area contributed by atoms with Crippen LogP contribution < -0.4 is 0 Å². The minimum absolute atomic E-state index is 0.231. The van der Waals surface area contributed by atoms with E-state index in [2.05, 4.69) is 66.5 Å². The fourth-order valence-electron chi connectivity index (χ4n) is 4.15. The van der Waals surface area contributed by atoms with Gasteiger partial charge in [-0.1, -0.05) is 31.0 Å². The molecule has 2 saturated carbocycles. The fourth-order valence-corrected chi connectivity index (χ4v) is 6.29. The molecule has 2 aliphatic carbocycles. The molecule has 0 heterocycles. The third-order valence-corrected chi connectivity index (χ3v) is 7.00. The van der Waals surface area contributed by atoms with Gasteiger partial charge in [-0.25, -0.2) is 0 Å². The van der Waals surface area contributed by atoms with Gasteiger partial charge in [0.2, 0.25) is 0 Å². The molecule has 3 heteroatoms. The van der Waals surface area contributed by atoms with E-state index in [1.165, 1.54) is 47.7 Å². The molecule has 3 rings (SSSR count). The van der Waals surface area contributed by atoms with Crippen molar-refractivity contribution in [3.05, 3.63) is 33.4 Å². The number of hydrogen-bond acceptors (Lipinski definition) is 1. The van der Waals surface area contributed by atoms with Crippen molar-refractivity contribution in [1.29, 1.82) is 0 Å². The number of benzene rings is 1. The standard InChI is InChI=1S/C17H25IOSi/c1-20(2,3)19-17-11-7-6-10-16(17,13-17)12-14-8-4-5-9-15(14)18/h4-5,8-9H,6-7,10-13H2,1-3H3/t16-,17+/m0/s1. The van der Waals surface area contributed by atoms with Gasteiger partial charge in [0.1, 0.15) is 0 Å². The van der Waals surface area contributed by atoms with E-state index in [-0.39, 0.29) is 5.60 Å². The Balaban J connectivity index is 1.83. The number of halogens is 1. The van der Waals surface area contributed by atoms with E-state index in [9.17, 15) is 0 Å². The zero-order chi connectivity index (χ0) is 14.4. The summed E-state index contributed by atoms with van der Waals surface area (Å²) in [7, 11) is -1.45. The summed E-state index contributed by atoms with van der Waals surface area (Å²) in [5.74, 6) is 0. The molecule has 1 aromatic carbocycles. The van der Waals surface area contributed by atoms with Gasteiger partial charge in [-0.3, -0.25) is 0 Å². The van der Waals surface area contributed by atoms with Crippen LogP contribution in [0.2, 0.25) is 19.6 Å². The van der Waals surface area contributed by atoms with E-state index < -0.39 is 8.32 Å². The lowest BCUT2D eigenvalue weighted by Gasteiger charge is -2.35. The summed E-state index contributed by atoms with van der Waals surface area (Å²) in [5, 5.41) is 0. The predicted octanol–water partition coefficient (Wildman–Crippen LogP) is 5.39. The summed E-state index contributed by atoms with van der Waals surface area (Å²) in [4.78, 5) is 0. The third-order valence-electron chi connectivity index (χ3n) is 4.94. The molecule has 0 spiro atoms. The van der Waals surface area contributed by atoms with Crippen LogP contribution >= 0.6 is 22.6 Å². The Kier molecular flexibility index (Phi) is 3.83. The summed E-state index contributed by atoms with van der Waals surface area (Å²) in [6.45, 7) is 7.02. The van der Waals surface area contributed by atoms with Crippen LogP contribution in [0.5, 0.6) is 0 Å². The second kappa shape index (κ2) is 5.09. The van der Waals surface area contributed by atoms with Gasteiger partial charge in [0, 0.05) is 8.99 Å². The monoisotopic (exact) mass is 400 g/mol. The van der Waals surface area contributed by atoms with E-state index in [1.54, 1.807) is 0 Å². The van der Waals surface area contributed by atoms with Crippen LogP contribution in [0.15, 0.2) is 24.3 Å². The first-order chi connectivity index (χ1) is 9.36. The Bertz CT molecular complexity index is 510. The van der Waals surface area contributed by atoms with Crippen molar-refractivity contribution in [3.63, 3.8) is 0 Å². The van der Waals surface area contributed by atoms with Gasteiger partial charge in [-0.05, 0) is 79.5 Å². The lowest BCUT2D eigenvalue weighted by Crippen LogP contribution is -2.39. The lowest BCUT2D eigenvalue weighted by molar-refractivity contribution is 0.0796. The molecule has 20 heavy (non-hydrogen) atoms. The molecular weight excluding hydrogens is 375 g/mol. The Hall–Kier alpha value is 0.127. The molecule has 0 unspecified atom stereocenters. The van der Waals surface area contributed by atoms with Crippen molar-refractivity contribution in [1.82, 2.24) is 0 Å². The van der Waals surface area contributed by atoms with Crippen molar-refractivity contribution in [2.45, 2.75) is 63.8 Å². The van der Waals surface area contributed by atoms with Crippen molar-refractivity contribution in [2.24, 2.45) is 5.41 Å². The van der Waals surface area contributed by atoms with Crippen molar-refractivity contribution >= 4 is 30.9 Å². The van der Waals surface area contributed by atoms with E-state index >= 15 is 0 Å². The highest BCUT2D eigenvalue weighted by atomic mass is 127. The highest BCUT2D eigenvalue weighted by molar-refractivity contribution is 14.1. The Morgan fingerprint density at radius 3 is 2.55 bits per heavy atom. The van der Waals surface area contributed by atoms with Crippen LogP contribution in [0.1, 0.15) is 37.7 Å². The summed E-state index contributed by atoms with van der Waals surface area (Å²) < 4.78 is 8.11. The fraction of sp³-hybridized carbons (Fsp3) is 0.647. The topological polar surface area (TPSA) is 9.23 Å². The van der Waals surface area contributed by atoms with Crippen LogP contribution in [0.25, 0.3) is 0 Å². The number of rotatable bonds is 4. The average molecular weight is 400 g/mol. The third kappa shape index (κ3) is 2.73. The Morgan fingerprint density at radius 2 is 1.85 bits per heavy atom. The summed E-state index contributed by atoms with van der Waals surface area (Å²) in [6.07, 6.45) is 7.92. The second-order valence-electron chi connectivity index (χ2n) is 7.64. The minimum atomic E-state index is -1.45. The zero-order valence-electron chi connectivity index (χ0n) is 12.8. The maximum atomic E-state index is 6.69. The maximum Gasteiger partial charge on any atom is 0.184 e. The average Bonchev–Trinajstić information content (AvgIpc) is 2.97. The molecule has 2 atom stereocenters. The van der Waals surface area contributed by atoms with Gasteiger partial charge in [0.05, 0.1) is 5.60 Å². The van der Waals surface area contributed by atoms with Gasteiger partial charge < -0.3 is 4.43 Å². The quantitative estimate of drug-likeness (QED) is 0.487. The van der Waals surface area contributed by atoms with E-state index in [0.29, 0.717) is 5.41 Å². The van der Waals surface area contributed by atoms with Crippen molar-refractivity contribution in [2.75, 3.05) is 0 Å². The zero-order valence-corrected chi connectivity index (χ0v) is 16.0. The molecule has 0 bridgehead atoms. The number of hydrogen-bond donors (Lipinski definition) is 0. The molecule has 0 saturated heterocycles. The molecule has 1 nitrogen and oxygen atoms in total. The summed E-state index contributed by atoms with van der Waals surface area (Å²) >= 11 is 2.48. The van der Waals surface area contributed by atoms with Gasteiger partial charge in [0.25, 0.3) is 0 Å². The summed E-state index contributed by atoms with van der Waals surface area (Å²) in [6, 6.07) is 8.87. The molecule has 110 valence electrons. The van der Waals surface area contributed by atoms with E-state index in [0.717, 1.165) is 0 Å². The second-order valence-corrected chi connectivity index (χ2v) is 13.2. The molecule has 0 aliphatic heterocycles. The molecule has 0 aromatic heterocycles. The van der Waals surface area contributed by atoms with Crippen LogP contribution in [0.3, 0.4) is 0 Å². The molecule has 0 radical (unpaired) electrons. The SMILES string of the molecule is C[Si](C)(C)O[C@@]12CCCC[C@]1(Cc1ccccc1I)C2. The molecule has 2 fully saturated rings. The molecule has 0 N–H and O–H groups in total. The Labute approximate surface area is 137 Å². The van der Waals surface area contributed by atoms with Crippen LogP contribution in [-0.2, 0) is 10.8 Å². The first-order valence-corrected chi connectivity index (χ1v) is 12.3. The van der Waals surface area contributed by atoms with Crippen molar-refractivity contribution < 1.29 is 4.43 Å². The first-order valence-electron chi connectivity index (χ1n) is 7.80. The minimum Gasteiger partial charge on any atom is -0.412 e. The predicted molar refractivity (Wildman–Crippen MR) is 95.5 cm³/mol. The summed E-state index contributed by atoms with van der Waals surface area (Å²) in [5.41, 5.74) is 2.21. The normalized spacial score (nSPS) is 32.8. The number of fused-ring (bicyclic) bond motifs is 1. The van der Waals surface area contributed by atoms with Gasteiger partial charge in [0.15, 0.2) is 8.32 Å². The van der Waals surface area contributed by atoms with E-state index in [1.807, 2.05) is 0 Å². The van der Waals surface area contributed by atoms with Crippen LogP contribution in [-0.4, -0.2) is 13.9 Å². The molecule has 2 aliphatic rings. The van der Waals surface area contributed by atoms with Crippen LogP contribution in [0.4, 0.5) is 0 Å².